The third-order valence-corrected chi connectivity index (χ3v) is 3.45. The van der Waals surface area contributed by atoms with Gasteiger partial charge in [0.1, 0.15) is 5.54 Å². The first-order valence-corrected chi connectivity index (χ1v) is 4.24. The Balaban J connectivity index is 2.10. The average molecular weight is 146 g/mol. The van der Waals surface area contributed by atoms with Gasteiger partial charge < -0.3 is 0 Å². The van der Waals surface area contributed by atoms with E-state index in [-0.39, 0.29) is 5.54 Å². The zero-order valence-corrected chi connectivity index (χ0v) is 6.33. The standard InChI is InChI=1S/C9H10N2/c10-6-9-7-2-1-3-8(9)11(9)5-4-7/h1,3,7-8H,2,4-5H2. The quantitative estimate of drug-likeness (QED) is 0.375. The van der Waals surface area contributed by atoms with Gasteiger partial charge in [-0.25, -0.2) is 0 Å². The zero-order chi connectivity index (χ0) is 7.47. The topological polar surface area (TPSA) is 26.8 Å². The molecule has 0 spiro atoms. The van der Waals surface area contributed by atoms with Gasteiger partial charge in [0.25, 0.3) is 0 Å². The Morgan fingerprint density at radius 2 is 2.55 bits per heavy atom. The van der Waals surface area contributed by atoms with E-state index in [0.29, 0.717) is 12.0 Å². The first-order valence-electron chi connectivity index (χ1n) is 4.24. The molecule has 0 aromatic carbocycles. The van der Waals surface area contributed by atoms with E-state index in [2.05, 4.69) is 23.1 Å². The van der Waals surface area contributed by atoms with Gasteiger partial charge in [-0.2, -0.15) is 5.26 Å². The Kier molecular flexibility index (Phi) is 0.796. The van der Waals surface area contributed by atoms with Crippen LogP contribution < -0.4 is 0 Å². The highest BCUT2D eigenvalue weighted by atomic mass is 15.4. The molecule has 11 heavy (non-hydrogen) atoms. The Morgan fingerprint density at radius 3 is 3.18 bits per heavy atom. The van der Waals surface area contributed by atoms with E-state index < -0.39 is 0 Å². The van der Waals surface area contributed by atoms with Crippen LogP contribution in [0.25, 0.3) is 0 Å². The van der Waals surface area contributed by atoms with E-state index in [1.165, 1.54) is 6.42 Å². The molecule has 0 bridgehead atoms. The van der Waals surface area contributed by atoms with Gasteiger partial charge in [-0.05, 0) is 18.8 Å². The SMILES string of the molecule is N#CC12C3CC=CC1N2CC3. The summed E-state index contributed by atoms with van der Waals surface area (Å²) in [7, 11) is 0. The highest BCUT2D eigenvalue weighted by Crippen LogP contribution is 2.57. The molecule has 0 N–H and O–H groups in total. The minimum absolute atomic E-state index is 0.0330. The van der Waals surface area contributed by atoms with Gasteiger partial charge in [0.05, 0.1) is 12.1 Å². The third-order valence-electron chi connectivity index (χ3n) is 3.45. The number of hydrogen-bond donors (Lipinski definition) is 0. The maximum Gasteiger partial charge on any atom is 0.132 e. The Labute approximate surface area is 66.1 Å². The lowest BCUT2D eigenvalue weighted by Crippen LogP contribution is -2.24. The number of piperidine rings is 1. The normalized spacial score (nSPS) is 56.8. The van der Waals surface area contributed by atoms with Crippen molar-refractivity contribution in [1.29, 1.82) is 5.26 Å². The summed E-state index contributed by atoms with van der Waals surface area (Å²) in [5.41, 5.74) is -0.0330. The van der Waals surface area contributed by atoms with Crippen LogP contribution in [0.1, 0.15) is 12.8 Å². The molecule has 2 aliphatic heterocycles. The fourth-order valence-electron chi connectivity index (χ4n) is 2.84. The second-order valence-corrected chi connectivity index (χ2v) is 3.72. The zero-order valence-electron chi connectivity index (χ0n) is 6.33. The summed E-state index contributed by atoms with van der Waals surface area (Å²) in [6.45, 7) is 1.15. The molecule has 2 heteroatoms. The average Bonchev–Trinajstić information content (AvgIpc) is 2.49. The molecule has 4 unspecified atom stereocenters. The van der Waals surface area contributed by atoms with Crippen LogP contribution in [0.3, 0.4) is 0 Å². The largest absolute Gasteiger partial charge is 0.274 e. The Hall–Kier alpha value is -0.810. The highest BCUT2D eigenvalue weighted by molar-refractivity contribution is 5.41. The number of nitrogens with zero attached hydrogens (tertiary/aromatic N) is 2. The van der Waals surface area contributed by atoms with Crippen molar-refractivity contribution < 1.29 is 0 Å². The summed E-state index contributed by atoms with van der Waals surface area (Å²) in [5, 5.41) is 9.05. The van der Waals surface area contributed by atoms with Crippen LogP contribution in [0.4, 0.5) is 0 Å². The van der Waals surface area contributed by atoms with Crippen molar-refractivity contribution in [2.75, 3.05) is 6.54 Å². The first kappa shape index (κ1) is 5.79. The second kappa shape index (κ2) is 1.51. The molecule has 0 aromatic heterocycles. The predicted octanol–water partition coefficient (Wildman–Crippen LogP) is 0.913. The maximum absolute atomic E-state index is 9.05. The molecule has 56 valence electrons. The lowest BCUT2D eigenvalue weighted by Gasteiger charge is -2.17. The molecule has 3 rings (SSSR count). The van der Waals surface area contributed by atoms with Gasteiger partial charge in [-0.1, -0.05) is 12.2 Å². The fraction of sp³-hybridized carbons (Fsp3) is 0.667. The van der Waals surface area contributed by atoms with Crippen LogP contribution in [0.2, 0.25) is 0 Å². The third kappa shape index (κ3) is 0.431. The number of allylic oxidation sites excluding steroid dienone is 1. The summed E-state index contributed by atoms with van der Waals surface area (Å²) in [4.78, 5) is 2.33. The van der Waals surface area contributed by atoms with Gasteiger partial charge >= 0.3 is 0 Å². The fourth-order valence-corrected chi connectivity index (χ4v) is 2.84. The van der Waals surface area contributed by atoms with Gasteiger partial charge in [-0.15, -0.1) is 0 Å². The van der Waals surface area contributed by atoms with E-state index in [1.807, 2.05) is 0 Å². The summed E-state index contributed by atoms with van der Waals surface area (Å²) in [6.07, 6.45) is 6.80. The molecule has 2 saturated heterocycles. The second-order valence-electron chi connectivity index (χ2n) is 3.72. The van der Waals surface area contributed by atoms with E-state index in [1.54, 1.807) is 0 Å². The van der Waals surface area contributed by atoms with Crippen LogP contribution in [0.15, 0.2) is 12.2 Å². The molecule has 0 saturated carbocycles. The number of nitriles is 1. The molecule has 2 heterocycles. The molecule has 2 nitrogen and oxygen atoms in total. The molecule has 0 aromatic rings. The summed E-state index contributed by atoms with van der Waals surface area (Å²) in [6, 6.07) is 2.98. The van der Waals surface area contributed by atoms with Crippen molar-refractivity contribution in [3.63, 3.8) is 0 Å². The molecule has 1 aliphatic carbocycles. The summed E-state index contributed by atoms with van der Waals surface area (Å²) in [5.74, 6) is 0.641. The molecular weight excluding hydrogens is 136 g/mol. The van der Waals surface area contributed by atoms with Crippen molar-refractivity contribution in [3.05, 3.63) is 12.2 Å². The van der Waals surface area contributed by atoms with E-state index in [9.17, 15) is 0 Å². The predicted molar refractivity (Wildman–Crippen MR) is 40.7 cm³/mol. The summed E-state index contributed by atoms with van der Waals surface area (Å²) >= 11 is 0. The minimum Gasteiger partial charge on any atom is -0.274 e. The highest BCUT2D eigenvalue weighted by Gasteiger charge is 2.70. The van der Waals surface area contributed by atoms with E-state index in [0.717, 1.165) is 13.0 Å². The van der Waals surface area contributed by atoms with Crippen LogP contribution in [0, 0.1) is 17.2 Å². The lowest BCUT2D eigenvalue weighted by molar-refractivity contribution is 0.466. The maximum atomic E-state index is 9.05. The van der Waals surface area contributed by atoms with Crippen LogP contribution in [-0.2, 0) is 0 Å². The van der Waals surface area contributed by atoms with Crippen molar-refractivity contribution in [2.45, 2.75) is 24.4 Å². The Morgan fingerprint density at radius 1 is 1.64 bits per heavy atom. The van der Waals surface area contributed by atoms with E-state index >= 15 is 0 Å². The number of rotatable bonds is 0. The van der Waals surface area contributed by atoms with Crippen molar-refractivity contribution in [1.82, 2.24) is 4.90 Å². The first-order chi connectivity index (χ1) is 5.39. The van der Waals surface area contributed by atoms with E-state index in [4.69, 9.17) is 5.26 Å². The van der Waals surface area contributed by atoms with Crippen molar-refractivity contribution in [3.8, 4) is 6.07 Å². The minimum atomic E-state index is -0.0330. The van der Waals surface area contributed by atoms with Gasteiger partial charge in [0.2, 0.25) is 0 Å². The van der Waals surface area contributed by atoms with Crippen LogP contribution in [0.5, 0.6) is 0 Å². The smallest absolute Gasteiger partial charge is 0.132 e. The van der Waals surface area contributed by atoms with Gasteiger partial charge in [-0.3, -0.25) is 4.90 Å². The Bertz CT molecular complexity index is 276. The number of hydrogen-bond acceptors (Lipinski definition) is 2. The molecule has 2 fully saturated rings. The molecule has 4 atom stereocenters. The molecular formula is C9H10N2. The van der Waals surface area contributed by atoms with Crippen LogP contribution in [-0.4, -0.2) is 23.0 Å². The van der Waals surface area contributed by atoms with Gasteiger partial charge in [0.15, 0.2) is 0 Å². The van der Waals surface area contributed by atoms with Crippen molar-refractivity contribution >= 4 is 0 Å². The molecule has 3 aliphatic rings. The number of fused-ring (bicyclic) bond motifs is 1. The molecule has 0 amide bonds. The van der Waals surface area contributed by atoms with Crippen molar-refractivity contribution in [2.24, 2.45) is 5.92 Å². The molecule has 0 radical (unpaired) electrons. The summed E-state index contributed by atoms with van der Waals surface area (Å²) < 4.78 is 0. The van der Waals surface area contributed by atoms with Crippen LogP contribution >= 0.6 is 0 Å². The van der Waals surface area contributed by atoms with Gasteiger partial charge in [0, 0.05) is 6.54 Å². The lowest BCUT2D eigenvalue weighted by atomic mass is 9.82. The monoisotopic (exact) mass is 146 g/mol.